The second-order valence-corrected chi connectivity index (χ2v) is 10.9. The maximum absolute atomic E-state index is 13.0. The standard InChI is InChI=1S/C20H30O6S/c21-16(22)11-7-2-1-6-10-14-15(18-20-19(26-20)17(14)25-18)12-27(23,24)13-8-4-3-5-9-13/h1,6,13-15,17-20H,2-5,7-12H2,(H,21,22)/b6-1-/t14-,15+,17+,18-,19-,20+/m0/s1. The van der Waals surface area contributed by atoms with E-state index in [1.807, 2.05) is 6.08 Å². The van der Waals surface area contributed by atoms with E-state index >= 15 is 0 Å². The zero-order chi connectivity index (χ0) is 19.0. The molecular formula is C20H30O6S. The summed E-state index contributed by atoms with van der Waals surface area (Å²) in [7, 11) is -3.10. The highest BCUT2D eigenvalue weighted by Crippen LogP contribution is 2.55. The van der Waals surface area contributed by atoms with Crippen molar-refractivity contribution >= 4 is 15.8 Å². The molecule has 0 unspecified atom stereocenters. The van der Waals surface area contributed by atoms with E-state index in [0.29, 0.717) is 6.42 Å². The fourth-order valence-corrected chi connectivity index (χ4v) is 7.57. The number of ether oxygens (including phenoxy) is 2. The molecule has 3 heterocycles. The summed E-state index contributed by atoms with van der Waals surface area (Å²) in [6.07, 6.45) is 11.5. The number of rotatable bonds is 9. The van der Waals surface area contributed by atoms with Crippen molar-refractivity contribution in [3.63, 3.8) is 0 Å². The molecule has 3 saturated heterocycles. The lowest BCUT2D eigenvalue weighted by Gasteiger charge is -2.28. The topological polar surface area (TPSA) is 93.2 Å². The van der Waals surface area contributed by atoms with Gasteiger partial charge in [0.1, 0.15) is 12.2 Å². The monoisotopic (exact) mass is 398 g/mol. The first-order valence-electron chi connectivity index (χ1n) is 10.4. The van der Waals surface area contributed by atoms with Gasteiger partial charge in [-0.05, 0) is 38.0 Å². The third kappa shape index (κ3) is 4.10. The smallest absolute Gasteiger partial charge is 0.303 e. The number of carbonyl (C=O) groups is 1. The molecule has 4 aliphatic rings. The highest BCUT2D eigenvalue weighted by molar-refractivity contribution is 7.92. The van der Waals surface area contributed by atoms with E-state index in [9.17, 15) is 13.2 Å². The second kappa shape index (κ2) is 7.84. The maximum atomic E-state index is 13.0. The Bertz CT molecular complexity index is 681. The molecule has 0 aromatic carbocycles. The zero-order valence-electron chi connectivity index (χ0n) is 15.7. The van der Waals surface area contributed by atoms with Gasteiger partial charge in [0.15, 0.2) is 9.84 Å². The summed E-state index contributed by atoms with van der Waals surface area (Å²) in [6, 6.07) is 0. The molecule has 4 fully saturated rings. The van der Waals surface area contributed by atoms with E-state index in [4.69, 9.17) is 14.6 Å². The number of hydrogen-bond donors (Lipinski definition) is 1. The van der Waals surface area contributed by atoms with E-state index in [1.165, 1.54) is 0 Å². The zero-order valence-corrected chi connectivity index (χ0v) is 16.5. The largest absolute Gasteiger partial charge is 0.481 e. The molecule has 0 spiro atoms. The summed E-state index contributed by atoms with van der Waals surface area (Å²) in [6.45, 7) is 0. The molecule has 4 rings (SSSR count). The summed E-state index contributed by atoms with van der Waals surface area (Å²) in [5, 5.41) is 8.51. The minimum Gasteiger partial charge on any atom is -0.481 e. The lowest BCUT2D eigenvalue weighted by molar-refractivity contribution is -0.137. The fraction of sp³-hybridized carbons (Fsp3) is 0.850. The van der Waals surface area contributed by atoms with Crippen molar-refractivity contribution in [3.8, 4) is 0 Å². The Morgan fingerprint density at radius 1 is 0.963 bits per heavy atom. The van der Waals surface area contributed by atoms with Crippen LogP contribution in [0.5, 0.6) is 0 Å². The summed E-state index contributed by atoms with van der Waals surface area (Å²) in [5.74, 6) is -0.333. The predicted molar refractivity (Wildman–Crippen MR) is 100 cm³/mol. The molecule has 1 N–H and O–H groups in total. The van der Waals surface area contributed by atoms with Crippen LogP contribution < -0.4 is 0 Å². The SMILES string of the molecule is O=C(O)CCC/C=C\C[C@H]1[C@@H](CS(=O)(=O)C2CCCCC2)[C@@H]2O[C@H]1[C@@H]1O[C@@H]12. The third-order valence-corrected chi connectivity index (χ3v) is 9.08. The highest BCUT2D eigenvalue weighted by Gasteiger charge is 2.69. The van der Waals surface area contributed by atoms with Crippen LogP contribution in [0.4, 0.5) is 0 Å². The Balaban J connectivity index is 1.36. The summed E-state index contributed by atoms with van der Waals surface area (Å²) < 4.78 is 37.8. The van der Waals surface area contributed by atoms with E-state index in [-0.39, 0.29) is 53.7 Å². The minimum absolute atomic E-state index is 0.0225. The van der Waals surface area contributed by atoms with Crippen LogP contribution in [-0.4, -0.2) is 54.9 Å². The predicted octanol–water partition coefficient (Wildman–Crippen LogP) is 2.72. The number of carboxylic acid groups (broad SMARTS) is 1. The number of unbranched alkanes of at least 4 members (excludes halogenated alkanes) is 1. The quantitative estimate of drug-likeness (QED) is 0.365. The van der Waals surface area contributed by atoms with Crippen LogP contribution >= 0.6 is 0 Å². The number of fused-ring (bicyclic) bond motifs is 5. The lowest BCUT2D eigenvalue weighted by Crippen LogP contribution is -2.39. The average molecular weight is 399 g/mol. The normalized spacial score (nSPS) is 38.4. The molecule has 152 valence electrons. The molecule has 3 aliphatic heterocycles. The molecule has 2 bridgehead atoms. The molecule has 0 aromatic rings. The lowest BCUT2D eigenvalue weighted by atomic mass is 9.78. The molecular weight excluding hydrogens is 368 g/mol. The van der Waals surface area contributed by atoms with Crippen LogP contribution in [0.25, 0.3) is 0 Å². The second-order valence-electron chi connectivity index (χ2n) is 8.54. The number of allylic oxidation sites excluding steroid dienone is 2. The fourth-order valence-electron chi connectivity index (χ4n) is 5.28. The van der Waals surface area contributed by atoms with Crippen molar-refractivity contribution in [2.45, 2.75) is 87.5 Å². The molecule has 6 nitrogen and oxygen atoms in total. The minimum atomic E-state index is -3.10. The van der Waals surface area contributed by atoms with Gasteiger partial charge in [-0.1, -0.05) is 31.4 Å². The van der Waals surface area contributed by atoms with Gasteiger partial charge in [0, 0.05) is 12.3 Å². The van der Waals surface area contributed by atoms with Crippen molar-refractivity contribution in [2.75, 3.05) is 5.75 Å². The van der Waals surface area contributed by atoms with Crippen LogP contribution in [-0.2, 0) is 24.1 Å². The molecule has 0 amide bonds. The van der Waals surface area contributed by atoms with Gasteiger partial charge in [-0.15, -0.1) is 0 Å². The first-order valence-corrected chi connectivity index (χ1v) is 12.1. The molecule has 0 radical (unpaired) electrons. The van der Waals surface area contributed by atoms with Gasteiger partial charge in [0.25, 0.3) is 0 Å². The van der Waals surface area contributed by atoms with Crippen molar-refractivity contribution in [1.29, 1.82) is 0 Å². The molecule has 0 aromatic heterocycles. The summed E-state index contributed by atoms with van der Waals surface area (Å²) in [5.41, 5.74) is 0. The first-order chi connectivity index (χ1) is 13.0. The number of sulfone groups is 1. The Kier molecular flexibility index (Phi) is 5.63. The Hall–Kier alpha value is -0.920. The summed E-state index contributed by atoms with van der Waals surface area (Å²) in [4.78, 5) is 10.6. The highest BCUT2D eigenvalue weighted by atomic mass is 32.2. The molecule has 6 atom stereocenters. The molecule has 1 aliphatic carbocycles. The molecule has 1 saturated carbocycles. The van der Waals surface area contributed by atoms with Crippen molar-refractivity contribution < 1.29 is 27.8 Å². The van der Waals surface area contributed by atoms with Gasteiger partial charge in [-0.3, -0.25) is 4.79 Å². The van der Waals surface area contributed by atoms with Crippen LogP contribution in [0.15, 0.2) is 12.2 Å². The number of epoxide rings is 1. The van der Waals surface area contributed by atoms with E-state index in [1.54, 1.807) is 0 Å². The van der Waals surface area contributed by atoms with Crippen LogP contribution in [0.3, 0.4) is 0 Å². The van der Waals surface area contributed by atoms with E-state index in [2.05, 4.69) is 6.08 Å². The Morgan fingerprint density at radius 2 is 1.63 bits per heavy atom. The summed E-state index contributed by atoms with van der Waals surface area (Å²) >= 11 is 0. The van der Waals surface area contributed by atoms with E-state index < -0.39 is 15.8 Å². The van der Waals surface area contributed by atoms with Crippen LogP contribution in [0.2, 0.25) is 0 Å². The van der Waals surface area contributed by atoms with Gasteiger partial charge < -0.3 is 14.6 Å². The average Bonchev–Trinajstić information content (AvgIpc) is 3.27. The third-order valence-electron chi connectivity index (χ3n) is 6.74. The van der Waals surface area contributed by atoms with Crippen molar-refractivity contribution in [2.24, 2.45) is 11.8 Å². The van der Waals surface area contributed by atoms with Gasteiger partial charge in [0.05, 0.1) is 23.2 Å². The van der Waals surface area contributed by atoms with Crippen molar-refractivity contribution in [3.05, 3.63) is 12.2 Å². The molecule has 7 heteroatoms. The number of carboxylic acids is 1. The van der Waals surface area contributed by atoms with Crippen LogP contribution in [0.1, 0.15) is 57.8 Å². The van der Waals surface area contributed by atoms with Gasteiger partial charge in [-0.2, -0.15) is 0 Å². The van der Waals surface area contributed by atoms with Crippen LogP contribution in [0, 0.1) is 11.8 Å². The maximum Gasteiger partial charge on any atom is 0.303 e. The van der Waals surface area contributed by atoms with E-state index in [0.717, 1.165) is 44.9 Å². The first kappa shape index (κ1) is 19.4. The van der Waals surface area contributed by atoms with Gasteiger partial charge >= 0.3 is 5.97 Å². The Labute approximate surface area is 161 Å². The van der Waals surface area contributed by atoms with Crippen molar-refractivity contribution in [1.82, 2.24) is 0 Å². The van der Waals surface area contributed by atoms with Gasteiger partial charge in [0.2, 0.25) is 0 Å². The van der Waals surface area contributed by atoms with Gasteiger partial charge in [-0.25, -0.2) is 8.42 Å². The Morgan fingerprint density at radius 3 is 2.33 bits per heavy atom. The molecule has 27 heavy (non-hydrogen) atoms. The number of aliphatic carboxylic acids is 1. The number of hydrogen-bond acceptors (Lipinski definition) is 5.